The number of carbonyl (C=O) groups excluding carboxylic acids is 1. The molecule has 0 bridgehead atoms. The van der Waals surface area contributed by atoms with Crippen LogP contribution in [0.5, 0.6) is 0 Å². The molecule has 1 aliphatic rings. The Kier molecular flexibility index (Phi) is 3.37. The van der Waals surface area contributed by atoms with Gasteiger partial charge in [-0.3, -0.25) is 4.79 Å². The summed E-state index contributed by atoms with van der Waals surface area (Å²) in [4.78, 5) is 17.6. The minimum absolute atomic E-state index is 0.130. The van der Waals surface area contributed by atoms with Gasteiger partial charge in [-0.25, -0.2) is 9.97 Å². The molecule has 1 amide bonds. The number of nitrogens with zero attached hydrogens (tertiary/aromatic N) is 2. The van der Waals surface area contributed by atoms with Crippen LogP contribution in [0.3, 0.4) is 0 Å². The standard InChI is InChI=1S/C5H6N2.C4H7NO/c1-5-2-3-6-4-7-5;5-4(6)3-1-2-3/h2-4H,1H3;3H,1-2H2,(H2,5,6). The fourth-order valence-electron chi connectivity index (χ4n) is 0.725. The van der Waals surface area contributed by atoms with Crippen molar-refractivity contribution in [1.29, 1.82) is 0 Å². The first-order valence-electron chi connectivity index (χ1n) is 4.22. The maximum Gasteiger partial charge on any atom is 0.220 e. The second-order valence-corrected chi connectivity index (χ2v) is 3.03. The highest BCUT2D eigenvalue weighted by atomic mass is 16.1. The lowest BCUT2D eigenvalue weighted by Crippen LogP contribution is -2.11. The van der Waals surface area contributed by atoms with Crippen LogP contribution in [0.25, 0.3) is 0 Å². The average Bonchev–Trinajstić information content (AvgIpc) is 2.88. The van der Waals surface area contributed by atoms with Crippen LogP contribution in [0.2, 0.25) is 0 Å². The van der Waals surface area contributed by atoms with Gasteiger partial charge in [-0.05, 0) is 25.8 Å². The van der Waals surface area contributed by atoms with E-state index in [9.17, 15) is 4.79 Å². The van der Waals surface area contributed by atoms with Crippen LogP contribution in [0.1, 0.15) is 18.5 Å². The Morgan fingerprint density at radius 2 is 2.31 bits per heavy atom. The fourth-order valence-corrected chi connectivity index (χ4v) is 0.725. The molecule has 2 N–H and O–H groups in total. The van der Waals surface area contributed by atoms with E-state index in [4.69, 9.17) is 5.73 Å². The maximum absolute atomic E-state index is 9.98. The van der Waals surface area contributed by atoms with E-state index in [1.807, 2.05) is 13.0 Å². The summed E-state index contributed by atoms with van der Waals surface area (Å²) in [5.41, 5.74) is 5.87. The Bertz CT molecular complexity index is 269. The summed E-state index contributed by atoms with van der Waals surface area (Å²) < 4.78 is 0. The Hall–Kier alpha value is -1.45. The smallest absolute Gasteiger partial charge is 0.220 e. The van der Waals surface area contributed by atoms with Gasteiger partial charge in [0.1, 0.15) is 6.33 Å². The molecular weight excluding hydrogens is 166 g/mol. The van der Waals surface area contributed by atoms with Crippen LogP contribution in [0.15, 0.2) is 18.6 Å². The Morgan fingerprint density at radius 1 is 1.62 bits per heavy atom. The van der Waals surface area contributed by atoms with Crippen molar-refractivity contribution in [2.24, 2.45) is 11.7 Å². The van der Waals surface area contributed by atoms with Gasteiger partial charge < -0.3 is 5.73 Å². The van der Waals surface area contributed by atoms with Crippen LogP contribution in [0.4, 0.5) is 0 Å². The monoisotopic (exact) mass is 179 g/mol. The van der Waals surface area contributed by atoms with Gasteiger partial charge in [0, 0.05) is 17.8 Å². The van der Waals surface area contributed by atoms with E-state index in [1.54, 1.807) is 6.20 Å². The van der Waals surface area contributed by atoms with Gasteiger partial charge >= 0.3 is 0 Å². The van der Waals surface area contributed by atoms with Crippen molar-refractivity contribution in [2.75, 3.05) is 0 Å². The SMILES string of the molecule is Cc1ccncn1.NC(=O)C1CC1. The van der Waals surface area contributed by atoms with Gasteiger partial charge in [0.15, 0.2) is 0 Å². The Morgan fingerprint density at radius 3 is 2.46 bits per heavy atom. The zero-order chi connectivity index (χ0) is 9.68. The van der Waals surface area contributed by atoms with Crippen LogP contribution >= 0.6 is 0 Å². The highest BCUT2D eigenvalue weighted by Crippen LogP contribution is 2.27. The number of rotatable bonds is 1. The van der Waals surface area contributed by atoms with E-state index in [0.717, 1.165) is 18.5 Å². The first kappa shape index (κ1) is 9.64. The summed E-state index contributed by atoms with van der Waals surface area (Å²) in [7, 11) is 0. The summed E-state index contributed by atoms with van der Waals surface area (Å²) >= 11 is 0. The first-order valence-corrected chi connectivity index (χ1v) is 4.22. The van der Waals surface area contributed by atoms with E-state index < -0.39 is 0 Å². The highest BCUT2D eigenvalue weighted by Gasteiger charge is 2.26. The summed E-state index contributed by atoms with van der Waals surface area (Å²) in [6, 6.07) is 1.86. The van der Waals surface area contributed by atoms with Crippen molar-refractivity contribution in [3.05, 3.63) is 24.3 Å². The van der Waals surface area contributed by atoms with E-state index in [2.05, 4.69) is 9.97 Å². The van der Waals surface area contributed by atoms with Gasteiger partial charge in [-0.1, -0.05) is 0 Å². The number of carbonyl (C=O) groups is 1. The van der Waals surface area contributed by atoms with Gasteiger partial charge in [0.05, 0.1) is 0 Å². The molecule has 1 fully saturated rings. The van der Waals surface area contributed by atoms with Crippen molar-refractivity contribution < 1.29 is 4.79 Å². The van der Waals surface area contributed by atoms with E-state index in [0.29, 0.717) is 0 Å². The second kappa shape index (κ2) is 4.54. The summed E-state index contributed by atoms with van der Waals surface area (Å²) in [5.74, 6) is 0.111. The molecule has 4 nitrogen and oxygen atoms in total. The number of primary amides is 1. The van der Waals surface area contributed by atoms with Gasteiger partial charge in [-0.15, -0.1) is 0 Å². The predicted molar refractivity (Wildman–Crippen MR) is 48.7 cm³/mol. The molecule has 1 saturated carbocycles. The van der Waals surface area contributed by atoms with Crippen molar-refractivity contribution in [3.63, 3.8) is 0 Å². The molecule has 1 aromatic rings. The van der Waals surface area contributed by atoms with Gasteiger partial charge in [-0.2, -0.15) is 0 Å². The Labute approximate surface area is 77.2 Å². The van der Waals surface area contributed by atoms with Crippen molar-refractivity contribution >= 4 is 5.91 Å². The van der Waals surface area contributed by atoms with Crippen LogP contribution in [-0.4, -0.2) is 15.9 Å². The number of hydrogen-bond donors (Lipinski definition) is 1. The normalized spacial score (nSPS) is 14.2. The molecule has 0 radical (unpaired) electrons. The molecule has 0 spiro atoms. The molecule has 0 aliphatic heterocycles. The zero-order valence-electron chi connectivity index (χ0n) is 7.60. The largest absolute Gasteiger partial charge is 0.369 e. The molecule has 0 atom stereocenters. The molecule has 0 unspecified atom stereocenters. The molecule has 1 aromatic heterocycles. The van der Waals surface area contributed by atoms with Crippen molar-refractivity contribution in [2.45, 2.75) is 19.8 Å². The van der Waals surface area contributed by atoms with Crippen molar-refractivity contribution in [3.8, 4) is 0 Å². The highest BCUT2D eigenvalue weighted by molar-refractivity contribution is 5.78. The molecule has 1 heterocycles. The molecule has 70 valence electrons. The molecule has 4 heteroatoms. The molecular formula is C9H13N3O. The molecule has 2 rings (SSSR count). The topological polar surface area (TPSA) is 68.9 Å². The van der Waals surface area contributed by atoms with E-state index >= 15 is 0 Å². The quantitative estimate of drug-likeness (QED) is 0.688. The van der Waals surface area contributed by atoms with Gasteiger partial charge in [0.25, 0.3) is 0 Å². The minimum atomic E-state index is -0.130. The number of aromatic nitrogens is 2. The summed E-state index contributed by atoms with van der Waals surface area (Å²) in [6.07, 6.45) is 5.31. The lowest BCUT2D eigenvalue weighted by atomic mass is 10.4. The van der Waals surface area contributed by atoms with E-state index in [-0.39, 0.29) is 11.8 Å². The lowest BCUT2D eigenvalue weighted by molar-refractivity contribution is -0.119. The third-order valence-electron chi connectivity index (χ3n) is 1.71. The number of amides is 1. The third kappa shape index (κ3) is 4.20. The van der Waals surface area contributed by atoms with Gasteiger partial charge in [0.2, 0.25) is 5.91 Å². The van der Waals surface area contributed by atoms with Crippen molar-refractivity contribution in [1.82, 2.24) is 9.97 Å². The van der Waals surface area contributed by atoms with E-state index in [1.165, 1.54) is 6.33 Å². The predicted octanol–water partition coefficient (Wildman–Crippen LogP) is 0.667. The third-order valence-corrected chi connectivity index (χ3v) is 1.71. The van der Waals surface area contributed by atoms with Crippen LogP contribution in [-0.2, 0) is 4.79 Å². The minimum Gasteiger partial charge on any atom is -0.369 e. The van der Waals surface area contributed by atoms with Crippen LogP contribution < -0.4 is 5.73 Å². The number of aryl methyl sites for hydroxylation is 1. The number of nitrogens with two attached hydrogens (primary N) is 1. The zero-order valence-corrected chi connectivity index (χ0v) is 7.60. The maximum atomic E-state index is 9.98. The second-order valence-electron chi connectivity index (χ2n) is 3.03. The molecule has 0 aromatic carbocycles. The molecule has 1 aliphatic carbocycles. The first-order chi connectivity index (χ1) is 6.20. The van der Waals surface area contributed by atoms with Crippen LogP contribution in [0, 0.1) is 12.8 Å². The number of hydrogen-bond acceptors (Lipinski definition) is 3. The Balaban J connectivity index is 0.000000132. The molecule has 13 heavy (non-hydrogen) atoms. The average molecular weight is 179 g/mol. The summed E-state index contributed by atoms with van der Waals surface area (Å²) in [6.45, 7) is 1.93. The fraction of sp³-hybridized carbons (Fsp3) is 0.444. The molecule has 0 saturated heterocycles. The lowest BCUT2D eigenvalue weighted by Gasteiger charge is -1.81. The summed E-state index contributed by atoms with van der Waals surface area (Å²) in [5, 5.41) is 0.